The summed E-state index contributed by atoms with van der Waals surface area (Å²) in [6.45, 7) is 10.1. The molecule has 5 aliphatic heterocycles. The quantitative estimate of drug-likeness (QED) is 0.00476. The highest BCUT2D eigenvalue weighted by molar-refractivity contribution is 8.00. The number of esters is 1. The van der Waals surface area contributed by atoms with Gasteiger partial charge in [0.1, 0.15) is 59.4 Å². The summed E-state index contributed by atoms with van der Waals surface area (Å²) in [5.74, 6) is -20.3. The first kappa shape index (κ1) is 102. The molecule has 0 bridgehead atoms. The SMILES string of the molecule is C=C1C[C@H]2C=Nc3cc(OCCCCCOc4cc(N)c(C(=O)N5CC(=C)C[C@H]5C5OC(=O)c6cc(NC(=O)CCN7C(=O)CC(SC[C@H](NC(=O)[C@H](CC(=O)O)NC(=O)[C@H](CC(=O)O)NC(=O)[C@H](CCCNC(=N)N)NC(=O)[C@H](CC(=O)O)NC(=O)CC[C@H](NC(=O)c8ccc(NCc9cnc%10nc(C)[nH]c(=O)c%10n9)cc8)C(=O)O)C(=O)O)C7=O)ccc6O5)cc4OC)c(OC)cc3C(=O)N2C1. The Balaban J connectivity index is 0.626. The number of ether oxygens (including phenoxy) is 6. The molecule has 11 amide bonds. The molecular formula is C88H100N20O29S. The van der Waals surface area contributed by atoms with Gasteiger partial charge in [0, 0.05) is 92.2 Å². The Bertz CT molecular complexity index is 5930. The number of rotatable bonds is 48. The van der Waals surface area contributed by atoms with Crippen LogP contribution in [0.25, 0.3) is 11.2 Å². The number of aliphatic imine (C=N–C) groups is 1. The second-order valence-corrected chi connectivity index (χ2v) is 33.6. The van der Waals surface area contributed by atoms with Crippen LogP contribution >= 0.6 is 11.8 Å². The molecule has 6 aromatic rings. The Morgan fingerprint density at radius 1 is 0.645 bits per heavy atom. The third kappa shape index (κ3) is 27.0. The zero-order valence-electron chi connectivity index (χ0n) is 74.5. The van der Waals surface area contributed by atoms with Crippen molar-refractivity contribution < 1.29 is 135 Å². The van der Waals surface area contributed by atoms with Crippen molar-refractivity contribution in [3.05, 3.63) is 141 Å². The molecular weight excluding hydrogens is 1830 g/mol. The average molecular weight is 1930 g/mol. The van der Waals surface area contributed by atoms with Gasteiger partial charge < -0.3 is 128 Å². The number of nitrogens with one attached hydrogen (secondary N) is 11. The number of likely N-dealkylation sites (tertiary alicyclic amines) is 2. The van der Waals surface area contributed by atoms with Gasteiger partial charge >= 0.3 is 35.8 Å². The van der Waals surface area contributed by atoms with Crippen LogP contribution in [-0.4, -0.2) is 292 Å². The number of thioether (sulfide) groups is 1. The number of hydrogen-bond acceptors (Lipinski definition) is 32. The van der Waals surface area contributed by atoms with Gasteiger partial charge in [0.15, 0.2) is 40.1 Å². The molecule has 7 heterocycles. The monoisotopic (exact) mass is 1930 g/mol. The number of carboxylic acid groups (broad SMARTS) is 5. The van der Waals surface area contributed by atoms with Crippen LogP contribution in [0.4, 0.5) is 22.7 Å². The normalized spacial score (nSPS) is 17.1. The van der Waals surface area contributed by atoms with Gasteiger partial charge in [-0.05, 0) is 113 Å². The van der Waals surface area contributed by atoms with E-state index in [1.54, 1.807) is 30.2 Å². The minimum absolute atomic E-state index is 0.0122. The van der Waals surface area contributed by atoms with Gasteiger partial charge in [-0.15, -0.1) is 11.8 Å². The number of guanidine groups is 1. The Morgan fingerprint density at radius 2 is 1.25 bits per heavy atom. The summed E-state index contributed by atoms with van der Waals surface area (Å²) in [7, 11) is 2.89. The summed E-state index contributed by atoms with van der Waals surface area (Å²) in [4.78, 5) is 262. The number of carbonyl (C=O) groups excluding carboxylic acids is 12. The number of cyclic esters (lactones) is 1. The fourth-order valence-corrected chi connectivity index (χ4v) is 16.4. The number of aryl methyl sites for hydroxylation is 1. The first-order chi connectivity index (χ1) is 65.7. The van der Waals surface area contributed by atoms with Crippen LogP contribution in [-0.2, 0) is 73.6 Å². The van der Waals surface area contributed by atoms with E-state index in [0.717, 1.165) is 10.5 Å². The highest BCUT2D eigenvalue weighted by atomic mass is 32.2. The number of aromatic nitrogens is 4. The molecule has 3 saturated heterocycles. The summed E-state index contributed by atoms with van der Waals surface area (Å²) < 4.78 is 35.3. The smallest absolute Gasteiger partial charge is 0.345 e. The number of benzene rings is 4. The van der Waals surface area contributed by atoms with Crippen molar-refractivity contribution >= 4 is 159 Å². The minimum Gasteiger partial charge on any atom is -0.493 e. The number of methoxy groups -OCH3 is 2. The lowest BCUT2D eigenvalue weighted by atomic mass is 10.1. The molecule has 2 aromatic heterocycles. The van der Waals surface area contributed by atoms with Crippen LogP contribution < -0.4 is 88.6 Å². The van der Waals surface area contributed by atoms with Crippen molar-refractivity contribution in [2.75, 3.05) is 75.7 Å². The van der Waals surface area contributed by atoms with Crippen LogP contribution in [0.15, 0.2) is 107 Å². The fraction of sp³-hybridized carbons (Fsp3) is 0.398. The van der Waals surface area contributed by atoms with E-state index in [9.17, 15) is 112 Å². The summed E-state index contributed by atoms with van der Waals surface area (Å²) in [6.07, 6.45) is -2.43. The number of nitrogen functional groups attached to an aromatic ring is 1. The van der Waals surface area contributed by atoms with E-state index in [2.05, 4.69) is 75.3 Å². The Hall–Kier alpha value is -16.3. The zero-order chi connectivity index (χ0) is 100. The molecule has 2 unspecified atom stereocenters. The van der Waals surface area contributed by atoms with E-state index in [-0.39, 0.29) is 108 Å². The number of fused-ring (bicyclic) bond motifs is 4. The Kier molecular flexibility index (Phi) is 34.5. The number of anilines is 3. The van der Waals surface area contributed by atoms with E-state index in [1.165, 1.54) is 79.9 Å². The van der Waals surface area contributed by atoms with Crippen molar-refractivity contribution in [1.29, 1.82) is 5.41 Å². The van der Waals surface area contributed by atoms with Gasteiger partial charge in [-0.3, -0.25) is 87.2 Å². The zero-order valence-corrected chi connectivity index (χ0v) is 75.3. The van der Waals surface area contributed by atoms with E-state index in [0.29, 0.717) is 96.1 Å². The molecule has 50 heteroatoms. The van der Waals surface area contributed by atoms with Gasteiger partial charge in [-0.25, -0.2) is 29.3 Å². The lowest BCUT2D eigenvalue weighted by Crippen LogP contribution is -2.59. The number of amides is 11. The van der Waals surface area contributed by atoms with Crippen molar-refractivity contribution in [1.82, 2.24) is 71.9 Å². The topological polar surface area (TPSA) is 724 Å². The third-order valence-corrected chi connectivity index (χ3v) is 23.4. The lowest BCUT2D eigenvalue weighted by molar-refractivity contribution is -0.144. The summed E-state index contributed by atoms with van der Waals surface area (Å²) in [6, 6.07) is 2.57. The number of hydrogen-bond donors (Lipinski definition) is 18. The van der Waals surface area contributed by atoms with Crippen LogP contribution in [0.2, 0.25) is 0 Å². The highest BCUT2D eigenvalue weighted by Gasteiger charge is 2.46. The number of aliphatic carboxylic acids is 5. The Labute approximate surface area is 787 Å². The predicted octanol–water partition coefficient (Wildman–Crippen LogP) is 0.743. The summed E-state index contributed by atoms with van der Waals surface area (Å²) in [5.41, 5.74) is 14.8. The second-order valence-electron chi connectivity index (χ2n) is 32.4. The van der Waals surface area contributed by atoms with E-state index in [1.807, 2.05) is 10.6 Å². The molecule has 11 rings (SSSR count). The first-order valence-electron chi connectivity index (χ1n) is 43.0. The van der Waals surface area contributed by atoms with Crippen molar-refractivity contribution in [3.8, 4) is 28.7 Å². The maximum absolute atomic E-state index is 14.4. The van der Waals surface area contributed by atoms with Crippen LogP contribution in [0, 0.1) is 12.3 Å². The van der Waals surface area contributed by atoms with Crippen molar-refractivity contribution in [2.45, 2.75) is 163 Å². The first-order valence-corrected chi connectivity index (χ1v) is 44.1. The van der Waals surface area contributed by atoms with Gasteiger partial charge in [-0.2, -0.15) is 0 Å². The number of nitrogens with two attached hydrogens (primary N) is 2. The molecule has 4 aromatic carbocycles. The molecule has 20 N–H and O–H groups in total. The fourth-order valence-electron chi connectivity index (χ4n) is 15.2. The summed E-state index contributed by atoms with van der Waals surface area (Å²) in [5, 5.41) is 76.7. The van der Waals surface area contributed by atoms with Gasteiger partial charge in [0.2, 0.25) is 47.3 Å². The molecule has 0 spiro atoms. The van der Waals surface area contributed by atoms with E-state index >= 15 is 0 Å². The molecule has 732 valence electrons. The van der Waals surface area contributed by atoms with Crippen LogP contribution in [0.1, 0.15) is 143 Å². The van der Waals surface area contributed by atoms with Crippen molar-refractivity contribution in [3.63, 3.8) is 0 Å². The predicted molar refractivity (Wildman–Crippen MR) is 485 cm³/mol. The lowest BCUT2D eigenvalue weighted by Gasteiger charge is -2.34. The average Bonchev–Trinajstić information content (AvgIpc) is 1.50. The highest BCUT2D eigenvalue weighted by Crippen LogP contribution is 2.41. The number of carboxylic acids is 5. The van der Waals surface area contributed by atoms with Gasteiger partial charge in [0.25, 0.3) is 29.6 Å². The molecule has 0 radical (unpaired) electrons. The minimum atomic E-state index is -2.27. The molecule has 0 saturated carbocycles. The molecule has 3 fully saturated rings. The van der Waals surface area contributed by atoms with Crippen LogP contribution in [0.3, 0.4) is 0 Å². The number of imide groups is 1. The molecule has 0 aliphatic carbocycles. The number of H-pyrrole nitrogens is 1. The molecule has 10 atom stereocenters. The molecule has 49 nitrogen and oxygen atoms in total. The third-order valence-electron chi connectivity index (χ3n) is 22.1. The number of unbranched alkanes of at least 4 members (excludes halogenated alkanes) is 2. The van der Waals surface area contributed by atoms with Crippen molar-refractivity contribution in [2.24, 2.45) is 10.7 Å². The van der Waals surface area contributed by atoms with Gasteiger partial charge in [-0.1, -0.05) is 24.3 Å². The maximum atomic E-state index is 14.4. The van der Waals surface area contributed by atoms with Gasteiger partial charge in [0.05, 0.1) is 93.2 Å². The standard InChI is InChI=1S/C88H100N20O29S/c1-41-24-48-37-94-55-30-65(63(133-5)28-50(55)82(125)107(48)38-41)135-23-8-6-7-22-134-64-29-52(89)49(27-62(64)132-4)81(124)108-39-42(2)25-60(108)87-136-61-17-15-46(26-51(61)86(131)137-87)98-68(110)19-21-106-69(111)34-66(83(106)126)138-40-59(85(129)130)105-79(122)58(33-72(116)117)104-78(121)57(32-71(114)115)103-76(119)53(10-9-20-92-88(90)91)101-77(120)56(31-70(112)113)100-67(109)18-16-54(84(127)128)102-75(118)44-11-13-45(14-12-44)93-35-47-36-95-74-73(99-47)80(123)97-43(3)96-74/h11-15,17,26-30,36-37,48,53-54,56-60,66,87,93H,1-2,6-10,16,18-25,31-35,38-40,89H2,3-5H3,(H,98,110)(H,100,109)(H,101,120)(H,102,118)(H,103,119)(H,104,121)(H,105,122)(H,112,113)(H,114,115)(H,116,117)(H,127,128)(H,129,130)(H4,90,91,92)(H,95,96,97,123)/t48-,53-,54-,56-,57-,58-,59-,60-,66?,87?/m0/s1. The van der Waals surface area contributed by atoms with E-state index < -0.39 is 224 Å². The number of nitrogens with zero attached hydrogens (tertiary/aromatic N) is 7. The second kappa shape index (κ2) is 46.5. The number of aromatic amines is 1. The largest absolute Gasteiger partial charge is 0.493 e. The maximum Gasteiger partial charge on any atom is 0.345 e. The molecule has 5 aliphatic rings. The molecule has 138 heavy (non-hydrogen) atoms. The van der Waals surface area contributed by atoms with Crippen LogP contribution in [0.5, 0.6) is 28.7 Å². The van der Waals surface area contributed by atoms with E-state index in [4.69, 9.17) is 45.3 Å². The summed E-state index contributed by atoms with van der Waals surface area (Å²) >= 11 is 0.560. The Morgan fingerprint density at radius 3 is 1.89 bits per heavy atom. The number of carbonyl (C=O) groups is 17.